The van der Waals surface area contributed by atoms with Crippen LogP contribution in [-0.2, 0) is 14.3 Å². The highest BCUT2D eigenvalue weighted by Gasteiger charge is 2.16. The highest BCUT2D eigenvalue weighted by Crippen LogP contribution is 2.22. The Hall–Kier alpha value is -1.59. The van der Waals surface area contributed by atoms with Crippen molar-refractivity contribution in [2.75, 3.05) is 11.9 Å². The van der Waals surface area contributed by atoms with Crippen LogP contribution in [0.25, 0.3) is 0 Å². The molecule has 112 valence electrons. The second kappa shape index (κ2) is 7.43. The summed E-state index contributed by atoms with van der Waals surface area (Å²) in [5, 5.41) is 3.04. The molecule has 0 spiro atoms. The second-order valence-electron chi connectivity index (χ2n) is 4.66. The minimum atomic E-state index is -0.498. The van der Waals surface area contributed by atoms with Gasteiger partial charge in [0.1, 0.15) is 0 Å². The lowest BCUT2D eigenvalue weighted by Gasteiger charge is -2.09. The number of amides is 1. The van der Waals surface area contributed by atoms with Crippen LogP contribution in [0.2, 0.25) is 10.0 Å². The maximum Gasteiger partial charge on any atom is 0.306 e. The fourth-order valence-corrected chi connectivity index (χ4v) is 2.39. The van der Waals surface area contributed by atoms with E-state index in [4.69, 9.17) is 27.9 Å². The van der Waals surface area contributed by atoms with Crippen LogP contribution < -0.4 is 5.32 Å². The molecular weight excluding hydrogens is 315 g/mol. The van der Waals surface area contributed by atoms with Gasteiger partial charge in [0.25, 0.3) is 5.91 Å². The van der Waals surface area contributed by atoms with Crippen LogP contribution in [0.15, 0.2) is 24.4 Å². The molecular formula is C14H14Cl2N2O3. The fraction of sp³-hybridized carbons (Fsp3) is 0.357. The number of pyridine rings is 1. The number of ether oxygens (including phenoxy) is 1. The van der Waals surface area contributed by atoms with Crippen LogP contribution in [0, 0.1) is 5.92 Å². The standard InChI is InChI=1S/C14H14Cl2N2O3/c15-10-6-11(16)14(17-7-10)18-12(19)8-21-13(20)5-9-3-1-2-4-9/h1,3,6-7,9H,2,4-5,8H2,(H,17,18,19)/t9-/m1/s1. The number of halogens is 2. The molecule has 0 aromatic carbocycles. The van der Waals surface area contributed by atoms with Crippen molar-refractivity contribution in [3.8, 4) is 0 Å². The molecule has 0 bridgehead atoms. The summed E-state index contributed by atoms with van der Waals surface area (Å²) in [6, 6.07) is 1.46. The maximum absolute atomic E-state index is 11.7. The van der Waals surface area contributed by atoms with Crippen molar-refractivity contribution < 1.29 is 14.3 Å². The van der Waals surface area contributed by atoms with Gasteiger partial charge in [-0.25, -0.2) is 4.98 Å². The monoisotopic (exact) mass is 328 g/mol. The molecule has 0 saturated heterocycles. The summed E-state index contributed by atoms with van der Waals surface area (Å²) in [4.78, 5) is 27.1. The summed E-state index contributed by atoms with van der Waals surface area (Å²) in [5.74, 6) is -0.493. The van der Waals surface area contributed by atoms with Gasteiger partial charge in [-0.3, -0.25) is 9.59 Å². The quantitative estimate of drug-likeness (QED) is 0.665. The first-order valence-electron chi connectivity index (χ1n) is 6.48. The van der Waals surface area contributed by atoms with Gasteiger partial charge in [0.15, 0.2) is 12.4 Å². The van der Waals surface area contributed by atoms with Crippen LogP contribution in [-0.4, -0.2) is 23.5 Å². The molecule has 1 atom stereocenters. The predicted octanol–water partition coefficient (Wildman–Crippen LogP) is 3.23. The van der Waals surface area contributed by atoms with Crippen LogP contribution >= 0.6 is 23.2 Å². The molecule has 0 unspecified atom stereocenters. The van der Waals surface area contributed by atoms with Gasteiger partial charge in [-0.2, -0.15) is 0 Å². The average molecular weight is 329 g/mol. The average Bonchev–Trinajstić information content (AvgIpc) is 2.92. The number of nitrogens with zero attached hydrogens (tertiary/aromatic N) is 1. The zero-order chi connectivity index (χ0) is 15.2. The van der Waals surface area contributed by atoms with E-state index in [9.17, 15) is 9.59 Å². The number of allylic oxidation sites excluding steroid dienone is 2. The second-order valence-corrected chi connectivity index (χ2v) is 5.51. The van der Waals surface area contributed by atoms with Crippen molar-refractivity contribution >= 4 is 40.9 Å². The summed E-state index contributed by atoms with van der Waals surface area (Å²) in [6.45, 7) is -0.365. The van der Waals surface area contributed by atoms with Gasteiger partial charge in [0.2, 0.25) is 0 Å². The van der Waals surface area contributed by atoms with E-state index in [1.807, 2.05) is 12.2 Å². The molecule has 1 aliphatic rings. The molecule has 7 heteroatoms. The summed E-state index contributed by atoms with van der Waals surface area (Å²) in [6.07, 6.45) is 7.63. The topological polar surface area (TPSA) is 68.3 Å². The Kier molecular flexibility index (Phi) is 5.59. The molecule has 1 N–H and O–H groups in total. The van der Waals surface area contributed by atoms with Crippen molar-refractivity contribution in [1.82, 2.24) is 4.98 Å². The van der Waals surface area contributed by atoms with Gasteiger partial charge >= 0.3 is 5.97 Å². The van der Waals surface area contributed by atoms with Crippen molar-refractivity contribution in [3.63, 3.8) is 0 Å². The van der Waals surface area contributed by atoms with Crippen LogP contribution in [0.1, 0.15) is 19.3 Å². The van der Waals surface area contributed by atoms with E-state index in [1.54, 1.807) is 0 Å². The third-order valence-electron chi connectivity index (χ3n) is 2.97. The highest BCUT2D eigenvalue weighted by atomic mass is 35.5. The number of carbonyl (C=O) groups is 2. The van der Waals surface area contributed by atoms with Gasteiger partial charge in [0.05, 0.1) is 16.5 Å². The van der Waals surface area contributed by atoms with Crippen molar-refractivity contribution in [2.45, 2.75) is 19.3 Å². The van der Waals surface area contributed by atoms with E-state index in [1.165, 1.54) is 12.3 Å². The molecule has 2 rings (SSSR count). The Balaban J connectivity index is 1.76. The number of esters is 1. The SMILES string of the molecule is O=C(COC(=O)C[C@@H]1C=CCC1)Nc1ncc(Cl)cc1Cl. The van der Waals surface area contributed by atoms with E-state index >= 15 is 0 Å². The van der Waals surface area contributed by atoms with Gasteiger partial charge in [0, 0.05) is 6.20 Å². The number of aromatic nitrogens is 1. The smallest absolute Gasteiger partial charge is 0.306 e. The van der Waals surface area contributed by atoms with E-state index in [0.717, 1.165) is 12.8 Å². The third kappa shape index (κ3) is 5.02. The molecule has 0 aliphatic heterocycles. The molecule has 0 saturated carbocycles. The lowest BCUT2D eigenvalue weighted by Crippen LogP contribution is -2.22. The number of anilines is 1. The zero-order valence-corrected chi connectivity index (χ0v) is 12.7. The molecule has 1 aromatic heterocycles. The normalized spacial score (nSPS) is 16.8. The van der Waals surface area contributed by atoms with Gasteiger partial charge in [-0.05, 0) is 24.8 Å². The highest BCUT2D eigenvalue weighted by molar-refractivity contribution is 6.36. The predicted molar refractivity (Wildman–Crippen MR) is 80.3 cm³/mol. The third-order valence-corrected chi connectivity index (χ3v) is 3.47. The fourth-order valence-electron chi connectivity index (χ4n) is 1.96. The Morgan fingerprint density at radius 1 is 1.43 bits per heavy atom. The molecule has 1 amide bonds. The van der Waals surface area contributed by atoms with Crippen LogP contribution in [0.5, 0.6) is 0 Å². The van der Waals surface area contributed by atoms with E-state index in [0.29, 0.717) is 11.4 Å². The van der Waals surface area contributed by atoms with Crippen LogP contribution in [0.3, 0.4) is 0 Å². The first kappa shape index (κ1) is 15.8. The van der Waals surface area contributed by atoms with Crippen LogP contribution in [0.4, 0.5) is 5.82 Å². The Labute approximate surface area is 132 Å². The zero-order valence-electron chi connectivity index (χ0n) is 11.1. The molecule has 1 aliphatic carbocycles. The van der Waals surface area contributed by atoms with Crippen molar-refractivity contribution in [1.29, 1.82) is 0 Å². The number of rotatable bonds is 5. The summed E-state index contributed by atoms with van der Waals surface area (Å²) < 4.78 is 4.92. The van der Waals surface area contributed by atoms with Crippen molar-refractivity contribution in [3.05, 3.63) is 34.5 Å². The minimum Gasteiger partial charge on any atom is -0.456 e. The Morgan fingerprint density at radius 3 is 2.90 bits per heavy atom. The molecule has 0 radical (unpaired) electrons. The summed E-state index contributed by atoms with van der Waals surface area (Å²) >= 11 is 11.6. The minimum absolute atomic E-state index is 0.181. The Bertz CT molecular complexity index is 575. The van der Waals surface area contributed by atoms with E-state index in [-0.39, 0.29) is 23.4 Å². The number of hydrogen-bond acceptors (Lipinski definition) is 4. The molecule has 5 nitrogen and oxygen atoms in total. The number of carbonyl (C=O) groups excluding carboxylic acids is 2. The number of hydrogen-bond donors (Lipinski definition) is 1. The van der Waals surface area contributed by atoms with Gasteiger partial charge < -0.3 is 10.1 Å². The first-order chi connectivity index (χ1) is 10.0. The first-order valence-corrected chi connectivity index (χ1v) is 7.23. The van der Waals surface area contributed by atoms with Gasteiger partial charge in [-0.1, -0.05) is 35.4 Å². The largest absolute Gasteiger partial charge is 0.456 e. The maximum atomic E-state index is 11.7. The summed E-state index contributed by atoms with van der Waals surface area (Å²) in [7, 11) is 0. The molecule has 21 heavy (non-hydrogen) atoms. The molecule has 0 fully saturated rings. The molecule has 1 heterocycles. The van der Waals surface area contributed by atoms with E-state index in [2.05, 4.69) is 10.3 Å². The number of nitrogens with one attached hydrogen (secondary N) is 1. The lowest BCUT2D eigenvalue weighted by atomic mass is 10.1. The Morgan fingerprint density at radius 2 is 2.24 bits per heavy atom. The molecule has 1 aromatic rings. The summed E-state index contributed by atoms with van der Waals surface area (Å²) in [5.41, 5.74) is 0. The van der Waals surface area contributed by atoms with Crippen molar-refractivity contribution in [2.24, 2.45) is 5.92 Å². The lowest BCUT2D eigenvalue weighted by molar-refractivity contribution is -0.147. The van der Waals surface area contributed by atoms with Gasteiger partial charge in [-0.15, -0.1) is 0 Å². The van der Waals surface area contributed by atoms with E-state index < -0.39 is 11.9 Å².